The van der Waals surface area contributed by atoms with Crippen LogP contribution >= 0.6 is 0 Å². The Morgan fingerprint density at radius 1 is 1.03 bits per heavy atom. The Kier molecular flexibility index (Phi) is 17.3. The van der Waals surface area contributed by atoms with E-state index in [9.17, 15) is 0 Å². The molecule has 2 heterocycles. The summed E-state index contributed by atoms with van der Waals surface area (Å²) in [5.41, 5.74) is 11.7. The summed E-state index contributed by atoms with van der Waals surface area (Å²) in [7, 11) is 0. The molecule has 3 aromatic rings. The highest BCUT2D eigenvalue weighted by atomic mass is 17.0. The van der Waals surface area contributed by atoms with Crippen LogP contribution in [0.25, 0.3) is 10.9 Å². The number of nitrogens with one attached hydrogen (secondary N) is 1. The third-order valence-electron chi connectivity index (χ3n) is 5.61. The number of nitrogens with zero attached hydrogens (tertiary/aromatic N) is 1. The molecule has 190 valence electrons. The fourth-order valence-electron chi connectivity index (χ4n) is 3.46. The number of anilines is 1. The van der Waals surface area contributed by atoms with Crippen molar-refractivity contribution in [2.24, 2.45) is 0 Å². The van der Waals surface area contributed by atoms with Crippen molar-refractivity contribution >= 4 is 16.6 Å². The minimum absolute atomic E-state index is 0.357. The second-order valence-electron chi connectivity index (χ2n) is 8.12. The molecule has 5 N–H and O–H groups in total. The summed E-state index contributed by atoms with van der Waals surface area (Å²) >= 11 is 0. The van der Waals surface area contributed by atoms with Crippen LogP contribution in [0.2, 0.25) is 0 Å². The van der Waals surface area contributed by atoms with E-state index < -0.39 is 0 Å². The van der Waals surface area contributed by atoms with E-state index in [0.29, 0.717) is 6.04 Å². The first kappa shape index (κ1) is 31.4. The molecule has 5 heteroatoms. The number of hydrogen-bond acceptors (Lipinski definition) is 4. The monoisotopic (exact) mass is 469 g/mol. The van der Waals surface area contributed by atoms with Gasteiger partial charge in [-0.05, 0) is 93.9 Å². The first-order valence-corrected chi connectivity index (χ1v) is 12.4. The van der Waals surface area contributed by atoms with Gasteiger partial charge in [-0.1, -0.05) is 57.0 Å². The maximum Gasteiger partial charge on any atom is 0.0485 e. The molecule has 0 amide bonds. The maximum atomic E-state index is 6.00. The summed E-state index contributed by atoms with van der Waals surface area (Å²) in [5.74, 6) is 0. The summed E-state index contributed by atoms with van der Waals surface area (Å²) in [6, 6.07) is 15.3. The van der Waals surface area contributed by atoms with Crippen molar-refractivity contribution in [3.05, 3.63) is 78.0 Å². The number of nitrogen functional groups attached to an aromatic ring is 1. The number of allylic oxidation sites excluding steroid dienone is 1. The molecule has 1 aliphatic rings. The Hall–Kier alpha value is -2.60. The lowest BCUT2D eigenvalue weighted by Crippen LogP contribution is -2.21. The minimum Gasteiger partial charge on any atom is -0.399 e. The third kappa shape index (κ3) is 11.0. The Labute approximate surface area is 207 Å². The first-order valence-electron chi connectivity index (χ1n) is 12.4. The predicted molar refractivity (Wildman–Crippen MR) is 150 cm³/mol. The van der Waals surface area contributed by atoms with Crippen LogP contribution in [0.3, 0.4) is 0 Å². The van der Waals surface area contributed by atoms with Crippen LogP contribution in [0, 0.1) is 13.8 Å². The van der Waals surface area contributed by atoms with E-state index in [2.05, 4.69) is 79.8 Å². The van der Waals surface area contributed by atoms with Gasteiger partial charge in [0.05, 0.1) is 0 Å². The number of aromatic nitrogens is 1. The van der Waals surface area contributed by atoms with Gasteiger partial charge in [0.2, 0.25) is 0 Å². The average Bonchev–Trinajstić information content (AvgIpc) is 3.32. The quantitative estimate of drug-likeness (QED) is 0.137. The van der Waals surface area contributed by atoms with Gasteiger partial charge in [0.25, 0.3) is 0 Å². The van der Waals surface area contributed by atoms with Crippen molar-refractivity contribution < 1.29 is 10.5 Å². The highest BCUT2D eigenvalue weighted by Gasteiger charge is 2.04. The Morgan fingerprint density at radius 2 is 1.68 bits per heavy atom. The molecule has 1 unspecified atom stereocenters. The second-order valence-corrected chi connectivity index (χ2v) is 8.12. The molecular formula is C29H47N3O2. The fourth-order valence-corrected chi connectivity index (χ4v) is 3.46. The lowest BCUT2D eigenvalue weighted by molar-refractivity contribution is -0.176. The Bertz CT molecular complexity index is 919. The second kappa shape index (κ2) is 18.8. The molecule has 34 heavy (non-hydrogen) atoms. The van der Waals surface area contributed by atoms with E-state index >= 15 is 0 Å². The van der Waals surface area contributed by atoms with Crippen molar-refractivity contribution in [2.45, 2.75) is 73.3 Å². The van der Waals surface area contributed by atoms with E-state index in [0.717, 1.165) is 17.7 Å². The SMILES string of the molecule is C1CCNCC1.C=CC(C)n1ccc2cc(C)ccc21.CC.CCc1ccc(C)c(N)c1.OO. The van der Waals surface area contributed by atoms with Gasteiger partial charge in [0.15, 0.2) is 0 Å². The molecule has 4 rings (SSSR count). The molecule has 1 aromatic heterocycles. The van der Waals surface area contributed by atoms with Gasteiger partial charge in [0.1, 0.15) is 0 Å². The number of nitrogens with two attached hydrogens (primary N) is 1. The normalized spacial score (nSPS) is 12.8. The van der Waals surface area contributed by atoms with Gasteiger partial charge < -0.3 is 15.6 Å². The van der Waals surface area contributed by atoms with Gasteiger partial charge in [-0.2, -0.15) is 0 Å². The summed E-state index contributed by atoms with van der Waals surface area (Å²) in [6.45, 7) is 18.7. The molecule has 0 bridgehead atoms. The Morgan fingerprint density at radius 3 is 2.15 bits per heavy atom. The molecule has 2 aromatic carbocycles. The number of benzene rings is 2. The number of fused-ring (bicyclic) bond motifs is 1. The van der Waals surface area contributed by atoms with Crippen LogP contribution in [-0.4, -0.2) is 28.2 Å². The van der Waals surface area contributed by atoms with Crippen LogP contribution < -0.4 is 11.1 Å². The number of hydrogen-bond donors (Lipinski definition) is 4. The Balaban J connectivity index is 0.000000476. The van der Waals surface area contributed by atoms with Crippen molar-refractivity contribution in [2.75, 3.05) is 18.8 Å². The minimum atomic E-state index is 0.357. The van der Waals surface area contributed by atoms with E-state index in [1.54, 1.807) is 0 Å². The van der Waals surface area contributed by atoms with Gasteiger partial charge in [-0.15, -0.1) is 6.58 Å². The molecule has 1 saturated heterocycles. The molecule has 1 atom stereocenters. The molecule has 0 spiro atoms. The summed E-state index contributed by atoms with van der Waals surface area (Å²) in [5, 5.41) is 16.6. The van der Waals surface area contributed by atoms with Gasteiger partial charge in [0, 0.05) is 23.4 Å². The third-order valence-corrected chi connectivity index (χ3v) is 5.61. The van der Waals surface area contributed by atoms with Gasteiger partial charge in [-0.25, -0.2) is 0 Å². The van der Waals surface area contributed by atoms with E-state index in [1.807, 2.05) is 32.9 Å². The number of piperidine rings is 1. The zero-order chi connectivity index (χ0) is 25.9. The van der Waals surface area contributed by atoms with E-state index in [1.165, 1.54) is 54.4 Å². The van der Waals surface area contributed by atoms with Crippen molar-refractivity contribution in [3.63, 3.8) is 0 Å². The number of rotatable bonds is 3. The van der Waals surface area contributed by atoms with E-state index in [4.69, 9.17) is 16.2 Å². The lowest BCUT2D eigenvalue weighted by Gasteiger charge is -2.10. The van der Waals surface area contributed by atoms with Crippen molar-refractivity contribution in [1.82, 2.24) is 9.88 Å². The highest BCUT2D eigenvalue weighted by molar-refractivity contribution is 5.81. The summed E-state index contributed by atoms with van der Waals surface area (Å²) in [6.07, 6.45) is 9.35. The topological polar surface area (TPSA) is 83.4 Å². The zero-order valence-corrected chi connectivity index (χ0v) is 22.1. The van der Waals surface area contributed by atoms with Crippen molar-refractivity contribution in [3.8, 4) is 0 Å². The molecular weight excluding hydrogens is 422 g/mol. The van der Waals surface area contributed by atoms with Crippen LogP contribution in [0.15, 0.2) is 61.3 Å². The predicted octanol–water partition coefficient (Wildman–Crippen LogP) is 7.64. The molecule has 0 radical (unpaired) electrons. The standard InChI is InChI=1S/C13H15N.C9H13N.C5H11N.C2H6.H2O2/c1-4-11(3)14-8-7-12-9-10(2)5-6-13(12)14;1-3-8-5-4-7(2)9(10)6-8;1-2-4-6-5-3-1;2*1-2/h4-9,11H,1H2,2-3H3;4-6H,3,10H2,1-2H3;6H,1-5H2;1-2H3;1-2H. The molecule has 5 nitrogen and oxygen atoms in total. The van der Waals surface area contributed by atoms with Crippen LogP contribution in [0.1, 0.15) is 69.7 Å². The van der Waals surface area contributed by atoms with Crippen LogP contribution in [0.4, 0.5) is 5.69 Å². The van der Waals surface area contributed by atoms with Crippen LogP contribution in [-0.2, 0) is 6.42 Å². The zero-order valence-electron chi connectivity index (χ0n) is 22.1. The average molecular weight is 470 g/mol. The van der Waals surface area contributed by atoms with E-state index in [-0.39, 0.29) is 0 Å². The molecule has 1 fully saturated rings. The lowest BCUT2D eigenvalue weighted by atomic mass is 10.1. The molecule has 1 aliphatic heterocycles. The smallest absolute Gasteiger partial charge is 0.0485 e. The largest absolute Gasteiger partial charge is 0.399 e. The molecule has 0 aliphatic carbocycles. The van der Waals surface area contributed by atoms with Crippen LogP contribution in [0.5, 0.6) is 0 Å². The van der Waals surface area contributed by atoms with Crippen molar-refractivity contribution in [1.29, 1.82) is 0 Å². The molecule has 0 saturated carbocycles. The number of aryl methyl sites for hydroxylation is 3. The maximum absolute atomic E-state index is 6.00. The summed E-state index contributed by atoms with van der Waals surface area (Å²) < 4.78 is 2.24. The van der Waals surface area contributed by atoms with Gasteiger partial charge in [-0.3, -0.25) is 10.5 Å². The van der Waals surface area contributed by atoms with Gasteiger partial charge >= 0.3 is 0 Å². The first-order chi connectivity index (χ1) is 16.5. The fraction of sp³-hybridized carbons (Fsp3) is 0.448. The summed E-state index contributed by atoms with van der Waals surface area (Å²) in [4.78, 5) is 0. The highest BCUT2D eigenvalue weighted by Crippen LogP contribution is 2.21.